The molecule has 1 heteroatoms. The number of hydrogen-bond donors (Lipinski definition) is 1. The van der Waals surface area contributed by atoms with E-state index >= 15 is 0 Å². The molecular formula is C20H33N. The Hall–Kier alpha value is -0.820. The molecule has 0 saturated carbocycles. The molecule has 2 rings (SSSR count). The van der Waals surface area contributed by atoms with E-state index in [1.807, 2.05) is 0 Å². The summed E-state index contributed by atoms with van der Waals surface area (Å²) in [6.07, 6.45) is 13.1. The summed E-state index contributed by atoms with van der Waals surface area (Å²) in [5.41, 5.74) is 9.65. The molecule has 0 saturated heterocycles. The molecule has 0 aromatic heterocycles. The summed E-state index contributed by atoms with van der Waals surface area (Å²) >= 11 is 0. The Morgan fingerprint density at radius 1 is 1.05 bits per heavy atom. The molecule has 2 atom stereocenters. The number of fused-ring (bicyclic) bond motifs is 1. The molecule has 2 unspecified atom stereocenters. The standard InChI is InChI=1S/C20H33N/c1-3-4-5-6-7-8-11-15-20(21)16-14-17(2)18-12-9-10-13-19(18)20/h9-10,12-13,17H,3-8,11,14-16,21H2,1-2H3. The second kappa shape index (κ2) is 7.98. The molecule has 1 aromatic rings. The normalized spacial score (nSPS) is 24.8. The molecule has 2 N–H and O–H groups in total. The highest BCUT2D eigenvalue weighted by Crippen LogP contribution is 2.42. The fourth-order valence-electron chi connectivity index (χ4n) is 3.80. The molecule has 0 amide bonds. The topological polar surface area (TPSA) is 26.0 Å². The van der Waals surface area contributed by atoms with Crippen molar-refractivity contribution in [2.24, 2.45) is 5.73 Å². The van der Waals surface area contributed by atoms with Crippen LogP contribution in [0.15, 0.2) is 24.3 Å². The van der Waals surface area contributed by atoms with Crippen molar-refractivity contribution in [3.05, 3.63) is 35.4 Å². The van der Waals surface area contributed by atoms with E-state index in [1.165, 1.54) is 62.5 Å². The largest absolute Gasteiger partial charge is 0.321 e. The second-order valence-electron chi connectivity index (χ2n) is 7.05. The first-order valence-corrected chi connectivity index (χ1v) is 9.05. The average molecular weight is 287 g/mol. The van der Waals surface area contributed by atoms with Gasteiger partial charge in [0.05, 0.1) is 0 Å². The van der Waals surface area contributed by atoms with Crippen molar-refractivity contribution in [2.45, 2.75) is 89.5 Å². The van der Waals surface area contributed by atoms with Gasteiger partial charge in [-0.2, -0.15) is 0 Å². The first-order chi connectivity index (χ1) is 10.2. The highest BCUT2D eigenvalue weighted by Gasteiger charge is 2.34. The molecule has 0 heterocycles. The molecule has 0 spiro atoms. The van der Waals surface area contributed by atoms with Gasteiger partial charge in [0.15, 0.2) is 0 Å². The van der Waals surface area contributed by atoms with E-state index in [1.54, 1.807) is 0 Å². The van der Waals surface area contributed by atoms with Gasteiger partial charge in [-0.1, -0.05) is 83.1 Å². The number of rotatable bonds is 8. The lowest BCUT2D eigenvalue weighted by Gasteiger charge is -2.38. The summed E-state index contributed by atoms with van der Waals surface area (Å²) in [7, 11) is 0. The van der Waals surface area contributed by atoms with Crippen LogP contribution in [-0.4, -0.2) is 0 Å². The van der Waals surface area contributed by atoms with Crippen LogP contribution in [-0.2, 0) is 5.54 Å². The fraction of sp³-hybridized carbons (Fsp3) is 0.700. The van der Waals surface area contributed by atoms with E-state index in [2.05, 4.69) is 38.1 Å². The molecular weight excluding hydrogens is 254 g/mol. The zero-order valence-electron chi connectivity index (χ0n) is 14.0. The van der Waals surface area contributed by atoms with Crippen LogP contribution in [0.2, 0.25) is 0 Å². The third kappa shape index (κ3) is 4.32. The Morgan fingerprint density at radius 2 is 1.71 bits per heavy atom. The fourth-order valence-corrected chi connectivity index (χ4v) is 3.80. The van der Waals surface area contributed by atoms with Gasteiger partial charge in [-0.3, -0.25) is 0 Å². The van der Waals surface area contributed by atoms with Gasteiger partial charge in [-0.25, -0.2) is 0 Å². The van der Waals surface area contributed by atoms with Crippen LogP contribution in [0, 0.1) is 0 Å². The molecule has 0 aliphatic heterocycles. The van der Waals surface area contributed by atoms with E-state index in [9.17, 15) is 0 Å². The van der Waals surface area contributed by atoms with E-state index in [0.29, 0.717) is 5.92 Å². The molecule has 0 radical (unpaired) electrons. The van der Waals surface area contributed by atoms with Crippen molar-refractivity contribution in [3.63, 3.8) is 0 Å². The zero-order chi connectivity index (χ0) is 15.1. The van der Waals surface area contributed by atoms with E-state index in [-0.39, 0.29) is 5.54 Å². The number of hydrogen-bond acceptors (Lipinski definition) is 1. The lowest BCUT2D eigenvalue weighted by atomic mass is 9.71. The minimum Gasteiger partial charge on any atom is -0.321 e. The van der Waals surface area contributed by atoms with Crippen LogP contribution in [0.3, 0.4) is 0 Å². The molecule has 0 bridgehead atoms. The lowest BCUT2D eigenvalue weighted by molar-refractivity contribution is 0.316. The molecule has 118 valence electrons. The summed E-state index contributed by atoms with van der Waals surface area (Å²) in [5.74, 6) is 0.673. The van der Waals surface area contributed by atoms with Gasteiger partial charge in [0.1, 0.15) is 0 Å². The summed E-state index contributed by atoms with van der Waals surface area (Å²) in [6, 6.07) is 8.87. The van der Waals surface area contributed by atoms with Gasteiger partial charge in [0, 0.05) is 5.54 Å². The van der Waals surface area contributed by atoms with E-state index in [4.69, 9.17) is 5.73 Å². The van der Waals surface area contributed by atoms with Crippen molar-refractivity contribution >= 4 is 0 Å². The smallest absolute Gasteiger partial charge is 0.0412 e. The Morgan fingerprint density at radius 3 is 2.48 bits per heavy atom. The predicted molar refractivity (Wildman–Crippen MR) is 92.6 cm³/mol. The van der Waals surface area contributed by atoms with Gasteiger partial charge in [0.25, 0.3) is 0 Å². The van der Waals surface area contributed by atoms with Crippen molar-refractivity contribution in [3.8, 4) is 0 Å². The monoisotopic (exact) mass is 287 g/mol. The first-order valence-electron chi connectivity index (χ1n) is 9.05. The maximum Gasteiger partial charge on any atom is 0.0412 e. The Bertz CT molecular complexity index is 426. The van der Waals surface area contributed by atoms with Gasteiger partial charge < -0.3 is 5.73 Å². The predicted octanol–water partition coefficient (Wildman–Crippen LogP) is 5.88. The van der Waals surface area contributed by atoms with Crippen LogP contribution in [0.4, 0.5) is 0 Å². The minimum atomic E-state index is -0.0630. The van der Waals surface area contributed by atoms with Gasteiger partial charge in [-0.15, -0.1) is 0 Å². The highest BCUT2D eigenvalue weighted by atomic mass is 14.7. The van der Waals surface area contributed by atoms with Crippen LogP contribution in [0.1, 0.15) is 95.1 Å². The van der Waals surface area contributed by atoms with Crippen molar-refractivity contribution in [2.75, 3.05) is 0 Å². The number of benzene rings is 1. The molecule has 1 aliphatic rings. The third-order valence-electron chi connectivity index (χ3n) is 5.28. The van der Waals surface area contributed by atoms with Crippen molar-refractivity contribution in [1.29, 1.82) is 0 Å². The molecule has 0 fully saturated rings. The number of unbranched alkanes of at least 4 members (excludes halogenated alkanes) is 6. The quantitative estimate of drug-likeness (QED) is 0.594. The molecule has 1 nitrogen and oxygen atoms in total. The SMILES string of the molecule is CCCCCCCCCC1(N)CCC(C)c2ccccc21. The van der Waals surface area contributed by atoms with E-state index in [0.717, 1.165) is 12.8 Å². The Balaban J connectivity index is 1.84. The van der Waals surface area contributed by atoms with Gasteiger partial charge in [0.2, 0.25) is 0 Å². The summed E-state index contributed by atoms with van der Waals surface area (Å²) in [4.78, 5) is 0. The Labute approximate surface area is 131 Å². The first kappa shape index (κ1) is 16.5. The van der Waals surface area contributed by atoms with Crippen LogP contribution in [0.5, 0.6) is 0 Å². The molecule has 1 aromatic carbocycles. The maximum absolute atomic E-state index is 6.80. The van der Waals surface area contributed by atoms with Gasteiger partial charge >= 0.3 is 0 Å². The van der Waals surface area contributed by atoms with E-state index < -0.39 is 0 Å². The van der Waals surface area contributed by atoms with Crippen molar-refractivity contribution < 1.29 is 0 Å². The maximum atomic E-state index is 6.80. The molecule has 21 heavy (non-hydrogen) atoms. The molecule has 1 aliphatic carbocycles. The summed E-state index contributed by atoms with van der Waals surface area (Å²) in [6.45, 7) is 4.62. The second-order valence-corrected chi connectivity index (χ2v) is 7.05. The zero-order valence-corrected chi connectivity index (χ0v) is 14.0. The highest BCUT2D eigenvalue weighted by molar-refractivity contribution is 5.38. The van der Waals surface area contributed by atoms with Crippen LogP contribution < -0.4 is 5.73 Å². The van der Waals surface area contributed by atoms with Crippen LogP contribution >= 0.6 is 0 Å². The van der Waals surface area contributed by atoms with Crippen LogP contribution in [0.25, 0.3) is 0 Å². The average Bonchev–Trinajstić information content (AvgIpc) is 2.51. The summed E-state index contributed by atoms with van der Waals surface area (Å²) < 4.78 is 0. The lowest BCUT2D eigenvalue weighted by Crippen LogP contribution is -2.40. The number of nitrogens with two attached hydrogens (primary N) is 1. The third-order valence-corrected chi connectivity index (χ3v) is 5.28. The van der Waals surface area contributed by atoms with Crippen molar-refractivity contribution in [1.82, 2.24) is 0 Å². The van der Waals surface area contributed by atoms with Gasteiger partial charge in [-0.05, 0) is 36.3 Å². The minimum absolute atomic E-state index is 0.0630. The summed E-state index contributed by atoms with van der Waals surface area (Å²) in [5, 5.41) is 0. The Kier molecular flexibility index (Phi) is 6.29.